The molecule has 8 nitrogen and oxygen atoms in total. The number of nitrogens with zero attached hydrogens (tertiary/aromatic N) is 6. The van der Waals surface area contributed by atoms with Crippen LogP contribution < -0.4 is 0 Å². The number of hydrogen-bond donors (Lipinski definition) is 2. The van der Waals surface area contributed by atoms with Gasteiger partial charge in [-0.25, -0.2) is 4.68 Å². The lowest BCUT2D eigenvalue weighted by atomic mass is 10.3. The average molecular weight is 195 g/mol. The van der Waals surface area contributed by atoms with Gasteiger partial charge in [-0.05, 0) is 6.92 Å². The minimum Gasteiger partial charge on any atom is -0.387 e. The van der Waals surface area contributed by atoms with Crippen LogP contribution in [0.25, 0.3) is 0 Å². The van der Waals surface area contributed by atoms with E-state index in [9.17, 15) is 5.11 Å². The van der Waals surface area contributed by atoms with Crippen molar-refractivity contribution in [2.45, 2.75) is 19.6 Å². The third-order valence-electron chi connectivity index (χ3n) is 1.76. The van der Waals surface area contributed by atoms with Gasteiger partial charge < -0.3 is 5.11 Å². The Hall–Kier alpha value is -1.83. The molecule has 0 aliphatic heterocycles. The van der Waals surface area contributed by atoms with Crippen molar-refractivity contribution >= 4 is 0 Å². The summed E-state index contributed by atoms with van der Waals surface area (Å²) in [6.45, 7) is 1.99. The van der Waals surface area contributed by atoms with Gasteiger partial charge in [0.1, 0.15) is 6.54 Å². The van der Waals surface area contributed by atoms with Crippen LogP contribution in [-0.2, 0) is 6.54 Å². The van der Waals surface area contributed by atoms with Gasteiger partial charge in [0.2, 0.25) is 0 Å². The molecule has 8 heteroatoms. The predicted octanol–water partition coefficient (Wildman–Crippen LogP) is -1.11. The Balaban J connectivity index is 2.21. The maximum absolute atomic E-state index is 9.36. The van der Waals surface area contributed by atoms with E-state index in [4.69, 9.17) is 0 Å². The fourth-order valence-corrected chi connectivity index (χ4v) is 1.10. The summed E-state index contributed by atoms with van der Waals surface area (Å²) in [4.78, 5) is 0. The van der Waals surface area contributed by atoms with Crippen molar-refractivity contribution in [2.24, 2.45) is 0 Å². The van der Waals surface area contributed by atoms with Crippen molar-refractivity contribution in [1.29, 1.82) is 0 Å². The number of nitrogens with one attached hydrogen (secondary N) is 1. The zero-order valence-electron chi connectivity index (χ0n) is 7.49. The van der Waals surface area contributed by atoms with Crippen LogP contribution in [-0.4, -0.2) is 40.7 Å². The van der Waals surface area contributed by atoms with E-state index >= 15 is 0 Å². The average Bonchev–Trinajstić information content (AvgIpc) is 2.75. The molecule has 0 saturated heterocycles. The van der Waals surface area contributed by atoms with Crippen molar-refractivity contribution in [3.63, 3.8) is 0 Å². The molecule has 0 radical (unpaired) electrons. The summed E-state index contributed by atoms with van der Waals surface area (Å²) >= 11 is 0. The van der Waals surface area contributed by atoms with Gasteiger partial charge in [0.05, 0.1) is 18.0 Å². The molecule has 14 heavy (non-hydrogen) atoms. The molecule has 0 saturated carbocycles. The highest BCUT2D eigenvalue weighted by atomic mass is 16.3. The van der Waals surface area contributed by atoms with Crippen molar-refractivity contribution < 1.29 is 5.11 Å². The molecule has 0 unspecified atom stereocenters. The van der Waals surface area contributed by atoms with Gasteiger partial charge in [0, 0.05) is 0 Å². The largest absolute Gasteiger partial charge is 0.387 e. The first-order chi connectivity index (χ1) is 6.77. The number of aliphatic hydroxyl groups excluding tert-OH is 1. The number of tetrazole rings is 1. The molecule has 1 atom stereocenters. The van der Waals surface area contributed by atoms with Crippen molar-refractivity contribution in [1.82, 2.24) is 35.6 Å². The molecule has 2 heterocycles. The molecule has 2 aromatic heterocycles. The second-order valence-corrected chi connectivity index (χ2v) is 2.82. The lowest BCUT2D eigenvalue weighted by Gasteiger charge is -2.04. The molecule has 0 amide bonds. The van der Waals surface area contributed by atoms with Gasteiger partial charge in [-0.2, -0.15) is 5.21 Å². The summed E-state index contributed by atoms with van der Waals surface area (Å²) < 4.78 is 1.52. The highest BCUT2D eigenvalue weighted by Crippen LogP contribution is 2.09. The SMILES string of the molecule is C[C@@H](O)c1cnnn1Cc1nn[nH]n1. The molecule has 0 spiro atoms. The summed E-state index contributed by atoms with van der Waals surface area (Å²) in [6.07, 6.45) is 0.891. The summed E-state index contributed by atoms with van der Waals surface area (Å²) in [5.74, 6) is 0.498. The maximum atomic E-state index is 9.36. The second kappa shape index (κ2) is 3.50. The van der Waals surface area contributed by atoms with Gasteiger partial charge in [0.15, 0.2) is 5.82 Å². The summed E-state index contributed by atoms with van der Waals surface area (Å²) in [7, 11) is 0. The summed E-state index contributed by atoms with van der Waals surface area (Å²) in [5.41, 5.74) is 0.620. The van der Waals surface area contributed by atoms with Crippen LogP contribution in [0.2, 0.25) is 0 Å². The molecular weight excluding hydrogens is 186 g/mol. The molecule has 0 fully saturated rings. The molecule has 74 valence electrons. The number of aliphatic hydroxyl groups is 1. The Morgan fingerprint density at radius 1 is 1.64 bits per heavy atom. The fraction of sp³-hybridized carbons (Fsp3) is 0.500. The minimum atomic E-state index is -0.614. The maximum Gasteiger partial charge on any atom is 0.196 e. The summed E-state index contributed by atoms with van der Waals surface area (Å²) in [5, 5.41) is 30.1. The Kier molecular flexibility index (Phi) is 2.19. The molecule has 2 aromatic rings. The first-order valence-corrected chi connectivity index (χ1v) is 4.06. The molecule has 2 N–H and O–H groups in total. The van der Waals surface area contributed by atoms with Crippen LogP contribution in [0, 0.1) is 0 Å². The van der Waals surface area contributed by atoms with Gasteiger partial charge >= 0.3 is 0 Å². The Morgan fingerprint density at radius 3 is 3.14 bits per heavy atom. The number of H-pyrrole nitrogens is 1. The van der Waals surface area contributed by atoms with Gasteiger partial charge in [-0.3, -0.25) is 0 Å². The van der Waals surface area contributed by atoms with Crippen molar-refractivity contribution in [3.05, 3.63) is 17.7 Å². The lowest BCUT2D eigenvalue weighted by molar-refractivity contribution is 0.187. The lowest BCUT2D eigenvalue weighted by Crippen LogP contribution is -2.09. The second-order valence-electron chi connectivity index (χ2n) is 2.82. The number of aromatic nitrogens is 7. The normalized spacial score (nSPS) is 13.0. The number of rotatable bonds is 3. The highest BCUT2D eigenvalue weighted by molar-refractivity contribution is 4.99. The smallest absolute Gasteiger partial charge is 0.196 e. The molecule has 2 rings (SSSR count). The first kappa shape index (κ1) is 8.75. The van der Waals surface area contributed by atoms with E-state index < -0.39 is 6.10 Å². The molecule has 0 aromatic carbocycles. The first-order valence-electron chi connectivity index (χ1n) is 4.06. The number of aromatic amines is 1. The quantitative estimate of drug-likeness (QED) is 0.643. The Bertz CT molecular complexity index is 392. The topological polar surface area (TPSA) is 105 Å². The van der Waals surface area contributed by atoms with Crippen LogP contribution in [0.5, 0.6) is 0 Å². The number of hydrogen-bond acceptors (Lipinski definition) is 6. The van der Waals surface area contributed by atoms with E-state index in [-0.39, 0.29) is 0 Å². The Morgan fingerprint density at radius 2 is 2.50 bits per heavy atom. The molecule has 0 aliphatic rings. The monoisotopic (exact) mass is 195 g/mol. The van der Waals surface area contributed by atoms with E-state index in [1.54, 1.807) is 6.92 Å². The van der Waals surface area contributed by atoms with Gasteiger partial charge in [-0.15, -0.1) is 15.3 Å². The van der Waals surface area contributed by atoms with Crippen molar-refractivity contribution in [3.8, 4) is 0 Å². The van der Waals surface area contributed by atoms with E-state index in [0.29, 0.717) is 18.1 Å². The van der Waals surface area contributed by atoms with E-state index in [2.05, 4.69) is 30.9 Å². The third-order valence-corrected chi connectivity index (χ3v) is 1.76. The van der Waals surface area contributed by atoms with Crippen LogP contribution >= 0.6 is 0 Å². The van der Waals surface area contributed by atoms with E-state index in [0.717, 1.165) is 0 Å². The fourth-order valence-electron chi connectivity index (χ4n) is 1.10. The highest BCUT2D eigenvalue weighted by Gasteiger charge is 2.10. The van der Waals surface area contributed by atoms with E-state index in [1.165, 1.54) is 10.9 Å². The zero-order chi connectivity index (χ0) is 9.97. The van der Waals surface area contributed by atoms with Crippen LogP contribution in [0.4, 0.5) is 0 Å². The third kappa shape index (κ3) is 1.59. The Labute approximate surface area is 78.9 Å². The minimum absolute atomic E-state index is 0.344. The van der Waals surface area contributed by atoms with Gasteiger partial charge in [0.25, 0.3) is 0 Å². The van der Waals surface area contributed by atoms with Crippen LogP contribution in [0.3, 0.4) is 0 Å². The molecular formula is C6H9N7O. The van der Waals surface area contributed by atoms with E-state index in [1.807, 2.05) is 0 Å². The van der Waals surface area contributed by atoms with Crippen LogP contribution in [0.15, 0.2) is 6.20 Å². The standard InChI is InChI=1S/C6H9N7O/c1-4(14)5-2-7-12-13(5)3-6-8-10-11-9-6/h2,4,14H,3H2,1H3,(H,8,9,10,11)/t4-/m1/s1. The van der Waals surface area contributed by atoms with Crippen molar-refractivity contribution in [2.75, 3.05) is 0 Å². The van der Waals surface area contributed by atoms with Gasteiger partial charge in [-0.1, -0.05) is 10.4 Å². The summed E-state index contributed by atoms with van der Waals surface area (Å²) in [6, 6.07) is 0. The van der Waals surface area contributed by atoms with Crippen LogP contribution in [0.1, 0.15) is 24.5 Å². The molecule has 0 aliphatic carbocycles. The predicted molar refractivity (Wildman–Crippen MR) is 43.9 cm³/mol. The molecule has 0 bridgehead atoms. The zero-order valence-corrected chi connectivity index (χ0v) is 7.49.